The van der Waals surface area contributed by atoms with Crippen molar-refractivity contribution in [2.24, 2.45) is 11.7 Å². The Bertz CT molecular complexity index is 1740. The fourth-order valence-corrected chi connectivity index (χ4v) is 6.37. The molecule has 2 aromatic carbocycles. The minimum absolute atomic E-state index is 0.0965. The topological polar surface area (TPSA) is 164 Å². The Morgan fingerprint density at radius 3 is 2.38 bits per heavy atom. The van der Waals surface area contributed by atoms with Crippen molar-refractivity contribution in [1.82, 2.24) is 20.6 Å². The number of hydrogen-bond donors (Lipinski definition) is 4. The standard InChI is InChI=1S/C37H41N5O5/c1-37(16-6-7-17-37)42-35(46)28-12-4-2-11-26(28)20-32(43)27(19-24-9-8-18-39-23-24)21-33(44)31(22-34(38)45)41-36(47)30-15-14-25-10-3-5-13-29(25)40-30/h2-5,8-15,18,23,27,31-32,43H,6-7,16-17,19-22H2,1H3,(H2,38,45)(H,41,47)(H,42,46). The highest BCUT2D eigenvalue weighted by atomic mass is 16.3. The predicted molar refractivity (Wildman–Crippen MR) is 178 cm³/mol. The number of amides is 3. The number of aliphatic hydroxyl groups excluding tert-OH is 1. The van der Waals surface area contributed by atoms with Gasteiger partial charge in [-0.3, -0.25) is 24.2 Å². The van der Waals surface area contributed by atoms with Crippen LogP contribution >= 0.6 is 0 Å². The number of nitrogens with two attached hydrogens (primary N) is 1. The van der Waals surface area contributed by atoms with E-state index in [1.807, 2.05) is 36.4 Å². The van der Waals surface area contributed by atoms with Crippen LogP contribution in [0, 0.1) is 5.92 Å². The Morgan fingerprint density at radius 1 is 0.894 bits per heavy atom. The highest BCUT2D eigenvalue weighted by molar-refractivity contribution is 5.99. The number of benzene rings is 2. The molecule has 3 atom stereocenters. The smallest absolute Gasteiger partial charge is 0.270 e. The highest BCUT2D eigenvalue weighted by Crippen LogP contribution is 2.30. The molecule has 2 heterocycles. The zero-order valence-corrected chi connectivity index (χ0v) is 26.5. The predicted octanol–water partition coefficient (Wildman–Crippen LogP) is 4.09. The second kappa shape index (κ2) is 15.1. The molecular weight excluding hydrogens is 594 g/mol. The minimum atomic E-state index is -1.22. The van der Waals surface area contributed by atoms with Gasteiger partial charge in [0, 0.05) is 35.3 Å². The van der Waals surface area contributed by atoms with E-state index in [4.69, 9.17) is 5.73 Å². The van der Waals surface area contributed by atoms with Crippen LogP contribution in [0.25, 0.3) is 10.9 Å². The first-order valence-electron chi connectivity index (χ1n) is 16.1. The number of ketones is 1. The number of primary amides is 1. The fraction of sp³-hybridized carbons (Fsp3) is 0.351. The van der Waals surface area contributed by atoms with Crippen LogP contribution in [0.2, 0.25) is 0 Å². The lowest BCUT2D eigenvalue weighted by atomic mass is 9.84. The van der Waals surface area contributed by atoms with Crippen LogP contribution in [0.1, 0.15) is 77.4 Å². The molecule has 3 unspecified atom stereocenters. The first kappa shape index (κ1) is 33.4. The molecule has 2 aromatic heterocycles. The van der Waals surface area contributed by atoms with Crippen molar-refractivity contribution < 1.29 is 24.3 Å². The van der Waals surface area contributed by atoms with E-state index in [2.05, 4.69) is 27.5 Å². The molecule has 1 fully saturated rings. The van der Waals surface area contributed by atoms with E-state index >= 15 is 0 Å². The van der Waals surface area contributed by atoms with Crippen molar-refractivity contribution in [3.05, 3.63) is 108 Å². The summed E-state index contributed by atoms with van der Waals surface area (Å²) in [6, 6.07) is 20.2. The zero-order chi connectivity index (χ0) is 33.4. The Morgan fingerprint density at radius 2 is 1.64 bits per heavy atom. The number of hydrogen-bond acceptors (Lipinski definition) is 7. The molecule has 0 bridgehead atoms. The van der Waals surface area contributed by atoms with Gasteiger partial charge in [0.15, 0.2) is 5.78 Å². The molecule has 3 amide bonds. The van der Waals surface area contributed by atoms with Crippen LogP contribution in [-0.4, -0.2) is 56.3 Å². The number of Topliss-reactive ketones (excluding diaryl/α,β-unsaturated/α-hetero) is 1. The third kappa shape index (κ3) is 8.86. The lowest BCUT2D eigenvalue weighted by Crippen LogP contribution is -2.45. The summed E-state index contributed by atoms with van der Waals surface area (Å²) in [7, 11) is 0. The van der Waals surface area contributed by atoms with Gasteiger partial charge in [0.05, 0.1) is 24.1 Å². The number of rotatable bonds is 14. The van der Waals surface area contributed by atoms with Crippen molar-refractivity contribution in [1.29, 1.82) is 0 Å². The summed E-state index contributed by atoms with van der Waals surface area (Å²) < 4.78 is 0. The number of aliphatic hydroxyl groups is 1. The van der Waals surface area contributed by atoms with Crippen molar-refractivity contribution >= 4 is 34.4 Å². The molecule has 4 aromatic rings. The van der Waals surface area contributed by atoms with Gasteiger partial charge in [-0.25, -0.2) is 4.98 Å². The monoisotopic (exact) mass is 635 g/mol. The Labute approximate surface area is 274 Å². The van der Waals surface area contributed by atoms with E-state index in [9.17, 15) is 24.3 Å². The lowest BCUT2D eigenvalue weighted by molar-refractivity contribution is -0.126. The summed E-state index contributed by atoms with van der Waals surface area (Å²) in [6.45, 7) is 2.06. The largest absolute Gasteiger partial charge is 0.392 e. The molecule has 0 spiro atoms. The maximum Gasteiger partial charge on any atom is 0.270 e. The van der Waals surface area contributed by atoms with Gasteiger partial charge >= 0.3 is 0 Å². The average molecular weight is 636 g/mol. The zero-order valence-electron chi connectivity index (χ0n) is 26.5. The molecule has 10 heteroatoms. The van der Waals surface area contributed by atoms with Gasteiger partial charge in [0.25, 0.3) is 11.8 Å². The lowest BCUT2D eigenvalue weighted by Gasteiger charge is -2.27. The molecule has 5 rings (SSSR count). The van der Waals surface area contributed by atoms with Crippen LogP contribution in [0.15, 0.2) is 85.2 Å². The van der Waals surface area contributed by atoms with Gasteiger partial charge in [0.2, 0.25) is 5.91 Å². The van der Waals surface area contributed by atoms with E-state index in [1.165, 1.54) is 0 Å². The van der Waals surface area contributed by atoms with Gasteiger partial charge in [-0.15, -0.1) is 0 Å². The number of pyridine rings is 2. The quantitative estimate of drug-likeness (QED) is 0.162. The average Bonchev–Trinajstić information content (AvgIpc) is 3.49. The number of carbonyl (C=O) groups excluding carboxylic acids is 4. The van der Waals surface area contributed by atoms with Gasteiger partial charge in [0.1, 0.15) is 5.69 Å². The normalized spacial score (nSPS) is 15.8. The van der Waals surface area contributed by atoms with Crippen molar-refractivity contribution in [2.45, 2.75) is 76.0 Å². The number of nitrogens with one attached hydrogen (secondary N) is 2. The number of nitrogens with zero attached hydrogens (tertiary/aromatic N) is 2. The molecular formula is C37H41N5O5. The molecule has 1 aliphatic carbocycles. The Hall–Kier alpha value is -4.96. The SMILES string of the molecule is CC1(NC(=O)c2ccccc2CC(O)C(CC(=O)C(CC(N)=O)NC(=O)c2ccc3ccccc3n2)Cc2cccnc2)CCCC1. The van der Waals surface area contributed by atoms with Crippen molar-refractivity contribution in [2.75, 3.05) is 0 Å². The fourth-order valence-electron chi connectivity index (χ4n) is 6.37. The summed E-state index contributed by atoms with van der Waals surface area (Å²) >= 11 is 0. The summed E-state index contributed by atoms with van der Waals surface area (Å²) in [5.74, 6) is -2.64. The first-order chi connectivity index (χ1) is 22.6. The maximum absolute atomic E-state index is 13.8. The molecule has 0 aliphatic heterocycles. The minimum Gasteiger partial charge on any atom is -0.392 e. The molecule has 47 heavy (non-hydrogen) atoms. The highest BCUT2D eigenvalue weighted by Gasteiger charge is 2.33. The van der Waals surface area contributed by atoms with Crippen LogP contribution < -0.4 is 16.4 Å². The van der Waals surface area contributed by atoms with Gasteiger partial charge < -0.3 is 21.5 Å². The van der Waals surface area contributed by atoms with Crippen molar-refractivity contribution in [3.63, 3.8) is 0 Å². The summed E-state index contributed by atoms with van der Waals surface area (Å²) in [5.41, 5.74) is 7.89. The summed E-state index contributed by atoms with van der Waals surface area (Å²) in [4.78, 5) is 61.0. The molecule has 5 N–H and O–H groups in total. The van der Waals surface area contributed by atoms with E-state index in [0.29, 0.717) is 23.1 Å². The number of fused-ring (bicyclic) bond motifs is 1. The second-order valence-corrected chi connectivity index (χ2v) is 12.7. The van der Waals surface area contributed by atoms with E-state index < -0.39 is 42.1 Å². The second-order valence-electron chi connectivity index (χ2n) is 12.7. The van der Waals surface area contributed by atoms with Crippen LogP contribution in [0.5, 0.6) is 0 Å². The third-order valence-corrected chi connectivity index (χ3v) is 8.97. The molecule has 1 saturated carbocycles. The van der Waals surface area contributed by atoms with E-state index in [0.717, 1.165) is 36.6 Å². The summed E-state index contributed by atoms with van der Waals surface area (Å²) in [6.07, 6.45) is 6.08. The molecule has 10 nitrogen and oxygen atoms in total. The van der Waals surface area contributed by atoms with Gasteiger partial charge in [-0.1, -0.05) is 61.4 Å². The summed E-state index contributed by atoms with van der Waals surface area (Å²) in [5, 5.41) is 18.3. The molecule has 0 radical (unpaired) electrons. The number of aromatic nitrogens is 2. The maximum atomic E-state index is 13.8. The van der Waals surface area contributed by atoms with Crippen LogP contribution in [0.4, 0.5) is 0 Å². The van der Waals surface area contributed by atoms with Crippen LogP contribution in [-0.2, 0) is 22.4 Å². The molecule has 1 aliphatic rings. The number of carbonyl (C=O) groups is 4. The molecule has 0 saturated heterocycles. The number of para-hydroxylation sites is 1. The van der Waals surface area contributed by atoms with Crippen LogP contribution in [0.3, 0.4) is 0 Å². The Balaban J connectivity index is 1.35. The van der Waals surface area contributed by atoms with Gasteiger partial charge in [-0.2, -0.15) is 0 Å². The Kier molecular flexibility index (Phi) is 10.7. The van der Waals surface area contributed by atoms with Crippen molar-refractivity contribution in [3.8, 4) is 0 Å². The molecule has 244 valence electrons. The van der Waals surface area contributed by atoms with Gasteiger partial charge in [-0.05, 0) is 73.9 Å². The third-order valence-electron chi connectivity index (χ3n) is 8.97. The van der Waals surface area contributed by atoms with E-state index in [-0.39, 0.29) is 30.0 Å². The first-order valence-corrected chi connectivity index (χ1v) is 16.1. The van der Waals surface area contributed by atoms with E-state index in [1.54, 1.807) is 48.8 Å².